The minimum atomic E-state index is -0.501. The Labute approximate surface area is 134 Å². The number of pyridine rings is 1. The van der Waals surface area contributed by atoms with Gasteiger partial charge in [0, 0.05) is 17.6 Å². The van der Waals surface area contributed by atoms with E-state index in [1.54, 1.807) is 25.2 Å². The Morgan fingerprint density at radius 2 is 2.19 bits per heavy atom. The van der Waals surface area contributed by atoms with Gasteiger partial charge in [0.05, 0.1) is 15.6 Å². The number of ether oxygens (including phenoxy) is 1. The maximum Gasteiger partial charge on any atom is 0.312 e. The second-order valence-corrected chi connectivity index (χ2v) is 5.36. The van der Waals surface area contributed by atoms with Crippen LogP contribution in [0.25, 0.3) is 0 Å². The van der Waals surface area contributed by atoms with Gasteiger partial charge < -0.3 is 10.1 Å². The van der Waals surface area contributed by atoms with E-state index in [-0.39, 0.29) is 18.0 Å². The average molecular weight is 373 g/mol. The van der Waals surface area contributed by atoms with Crippen LogP contribution in [0, 0.1) is 10.1 Å². The molecular weight excluding hydrogens is 362 g/mol. The summed E-state index contributed by atoms with van der Waals surface area (Å²) in [6.07, 6.45) is 0. The van der Waals surface area contributed by atoms with Gasteiger partial charge >= 0.3 is 5.69 Å². The maximum absolute atomic E-state index is 11.0. The summed E-state index contributed by atoms with van der Waals surface area (Å²) < 4.78 is 6.09. The maximum atomic E-state index is 11.0. The van der Waals surface area contributed by atoms with Crippen molar-refractivity contribution in [2.24, 2.45) is 0 Å². The van der Waals surface area contributed by atoms with Gasteiger partial charge in [-0.25, -0.2) is 4.98 Å². The summed E-state index contributed by atoms with van der Waals surface area (Å²) in [6, 6.07) is 8.00. The standard InChI is InChI=1S/C13H11BrClN3O3/c1-16-13-5-3-9(15)10(17-13)7-21-12-4-2-8(14)6-11(12)18(19)20/h2-6H,7H2,1H3,(H,16,17). The van der Waals surface area contributed by atoms with Crippen LogP contribution in [0.3, 0.4) is 0 Å². The van der Waals surface area contributed by atoms with Gasteiger partial charge in [-0.15, -0.1) is 0 Å². The van der Waals surface area contributed by atoms with Crippen molar-refractivity contribution in [3.8, 4) is 5.75 Å². The summed E-state index contributed by atoms with van der Waals surface area (Å²) in [4.78, 5) is 14.8. The number of rotatable bonds is 5. The SMILES string of the molecule is CNc1ccc(Cl)c(COc2ccc(Br)cc2[N+](=O)[O-])n1. The number of anilines is 1. The van der Waals surface area contributed by atoms with Crippen molar-refractivity contribution in [3.63, 3.8) is 0 Å². The third-order valence-corrected chi connectivity index (χ3v) is 3.49. The molecular formula is C13H11BrClN3O3. The van der Waals surface area contributed by atoms with Gasteiger partial charge in [-0.2, -0.15) is 0 Å². The van der Waals surface area contributed by atoms with Crippen LogP contribution in [-0.4, -0.2) is 17.0 Å². The van der Waals surface area contributed by atoms with Gasteiger partial charge in [0.1, 0.15) is 12.4 Å². The van der Waals surface area contributed by atoms with Crippen molar-refractivity contribution in [3.05, 3.63) is 55.6 Å². The topological polar surface area (TPSA) is 77.3 Å². The van der Waals surface area contributed by atoms with Gasteiger partial charge in [-0.3, -0.25) is 10.1 Å². The molecule has 1 N–H and O–H groups in total. The lowest BCUT2D eigenvalue weighted by Gasteiger charge is -2.09. The number of nitrogens with one attached hydrogen (secondary N) is 1. The van der Waals surface area contributed by atoms with E-state index in [9.17, 15) is 10.1 Å². The quantitative estimate of drug-likeness (QED) is 0.633. The molecule has 1 aromatic carbocycles. The van der Waals surface area contributed by atoms with E-state index in [0.717, 1.165) is 0 Å². The highest BCUT2D eigenvalue weighted by molar-refractivity contribution is 9.10. The number of benzene rings is 1. The molecule has 0 aliphatic heterocycles. The number of nitrogens with zero attached hydrogens (tertiary/aromatic N) is 2. The molecule has 2 aromatic rings. The zero-order chi connectivity index (χ0) is 15.4. The largest absolute Gasteiger partial charge is 0.480 e. The van der Waals surface area contributed by atoms with E-state index < -0.39 is 4.92 Å². The highest BCUT2D eigenvalue weighted by Crippen LogP contribution is 2.31. The number of nitro groups is 1. The molecule has 1 heterocycles. The Morgan fingerprint density at radius 3 is 2.86 bits per heavy atom. The highest BCUT2D eigenvalue weighted by Gasteiger charge is 2.16. The molecule has 0 saturated carbocycles. The van der Waals surface area contributed by atoms with Crippen molar-refractivity contribution >= 4 is 39.0 Å². The van der Waals surface area contributed by atoms with Crippen LogP contribution < -0.4 is 10.1 Å². The molecule has 1 aromatic heterocycles. The third-order valence-electron chi connectivity index (χ3n) is 2.66. The molecule has 8 heteroatoms. The second kappa shape index (κ2) is 6.73. The molecule has 110 valence electrons. The van der Waals surface area contributed by atoms with E-state index in [0.29, 0.717) is 21.0 Å². The Morgan fingerprint density at radius 1 is 1.43 bits per heavy atom. The summed E-state index contributed by atoms with van der Waals surface area (Å²) in [7, 11) is 1.74. The molecule has 21 heavy (non-hydrogen) atoms. The molecule has 6 nitrogen and oxygen atoms in total. The van der Waals surface area contributed by atoms with Gasteiger partial charge in [-0.1, -0.05) is 27.5 Å². The first-order chi connectivity index (χ1) is 10.0. The van der Waals surface area contributed by atoms with Crippen molar-refractivity contribution in [2.45, 2.75) is 6.61 Å². The van der Waals surface area contributed by atoms with E-state index in [1.165, 1.54) is 12.1 Å². The predicted molar refractivity (Wildman–Crippen MR) is 83.9 cm³/mol. The predicted octanol–water partition coefficient (Wildman–Crippen LogP) is 4.03. The lowest BCUT2D eigenvalue weighted by molar-refractivity contribution is -0.386. The molecule has 2 rings (SSSR count). The van der Waals surface area contributed by atoms with E-state index in [1.807, 2.05) is 0 Å². The first kappa shape index (κ1) is 15.5. The van der Waals surface area contributed by atoms with Gasteiger partial charge in [0.25, 0.3) is 0 Å². The summed E-state index contributed by atoms with van der Waals surface area (Å²) in [5, 5.41) is 14.3. The molecule has 0 atom stereocenters. The smallest absolute Gasteiger partial charge is 0.312 e. The van der Waals surface area contributed by atoms with E-state index in [2.05, 4.69) is 26.2 Å². The summed E-state index contributed by atoms with van der Waals surface area (Å²) in [5.41, 5.74) is 0.381. The summed E-state index contributed by atoms with van der Waals surface area (Å²) in [6.45, 7) is 0.0385. The van der Waals surface area contributed by atoms with Crippen molar-refractivity contribution in [1.29, 1.82) is 0 Å². The fourth-order valence-corrected chi connectivity index (χ4v) is 2.13. The van der Waals surface area contributed by atoms with Crippen LogP contribution in [0.1, 0.15) is 5.69 Å². The van der Waals surface area contributed by atoms with Crippen LogP contribution in [0.4, 0.5) is 11.5 Å². The van der Waals surface area contributed by atoms with E-state index >= 15 is 0 Å². The number of aromatic nitrogens is 1. The fourth-order valence-electron chi connectivity index (χ4n) is 1.63. The van der Waals surface area contributed by atoms with Crippen molar-refractivity contribution in [2.75, 3.05) is 12.4 Å². The first-order valence-corrected chi connectivity index (χ1v) is 7.08. The summed E-state index contributed by atoms with van der Waals surface area (Å²) in [5.74, 6) is 0.805. The van der Waals surface area contributed by atoms with Gasteiger partial charge in [-0.05, 0) is 24.3 Å². The van der Waals surface area contributed by atoms with Crippen molar-refractivity contribution in [1.82, 2.24) is 4.98 Å². The molecule has 0 spiro atoms. The zero-order valence-electron chi connectivity index (χ0n) is 11.0. The number of hydrogen-bond donors (Lipinski definition) is 1. The average Bonchev–Trinajstić information content (AvgIpc) is 2.47. The first-order valence-electron chi connectivity index (χ1n) is 5.91. The number of hydrogen-bond acceptors (Lipinski definition) is 5. The molecule has 0 saturated heterocycles. The monoisotopic (exact) mass is 371 g/mol. The molecule has 0 unspecified atom stereocenters. The van der Waals surface area contributed by atoms with Crippen LogP contribution in [0.2, 0.25) is 5.02 Å². The minimum absolute atomic E-state index is 0.0385. The van der Waals surface area contributed by atoms with Crippen LogP contribution in [0.15, 0.2) is 34.8 Å². The Hall–Kier alpha value is -1.86. The lowest BCUT2D eigenvalue weighted by Crippen LogP contribution is -2.03. The zero-order valence-corrected chi connectivity index (χ0v) is 13.3. The molecule has 0 bridgehead atoms. The Bertz CT molecular complexity index is 682. The highest BCUT2D eigenvalue weighted by atomic mass is 79.9. The van der Waals surface area contributed by atoms with Crippen LogP contribution in [-0.2, 0) is 6.61 Å². The Kier molecular flexibility index (Phi) is 4.98. The second-order valence-electron chi connectivity index (χ2n) is 4.03. The van der Waals surface area contributed by atoms with Crippen LogP contribution >= 0.6 is 27.5 Å². The van der Waals surface area contributed by atoms with Gasteiger partial charge in [0.2, 0.25) is 0 Å². The molecule has 0 fully saturated rings. The molecule has 0 amide bonds. The molecule has 0 radical (unpaired) electrons. The number of halogens is 2. The molecule has 0 aliphatic carbocycles. The normalized spacial score (nSPS) is 10.2. The fraction of sp³-hybridized carbons (Fsp3) is 0.154. The van der Waals surface area contributed by atoms with Crippen LogP contribution in [0.5, 0.6) is 5.75 Å². The van der Waals surface area contributed by atoms with Gasteiger partial charge in [0.15, 0.2) is 5.75 Å². The minimum Gasteiger partial charge on any atom is -0.480 e. The Balaban J connectivity index is 2.22. The number of nitro benzene ring substituents is 1. The third kappa shape index (κ3) is 3.83. The van der Waals surface area contributed by atoms with E-state index in [4.69, 9.17) is 16.3 Å². The molecule has 0 aliphatic rings. The van der Waals surface area contributed by atoms with Crippen molar-refractivity contribution < 1.29 is 9.66 Å². The lowest BCUT2D eigenvalue weighted by atomic mass is 10.3. The summed E-state index contributed by atoms with van der Waals surface area (Å²) >= 11 is 9.22.